The maximum absolute atomic E-state index is 12.0. The van der Waals surface area contributed by atoms with Crippen LogP contribution in [0.4, 0.5) is 0 Å². The first-order valence-corrected chi connectivity index (χ1v) is 14.4. The van der Waals surface area contributed by atoms with E-state index >= 15 is 0 Å². The van der Waals surface area contributed by atoms with Crippen molar-refractivity contribution in [2.24, 2.45) is 7.05 Å². The minimum atomic E-state index is -0.673. The number of ether oxygens (including phenoxy) is 6. The van der Waals surface area contributed by atoms with Crippen LogP contribution in [-0.2, 0) is 26.0 Å². The quantitative estimate of drug-likeness (QED) is 0.125. The fraction of sp³-hybridized carbons (Fsp3) is 0.265. The number of methoxy groups -OCH3 is 2. The van der Waals surface area contributed by atoms with E-state index in [-0.39, 0.29) is 43.4 Å². The summed E-state index contributed by atoms with van der Waals surface area (Å²) in [6.07, 6.45) is 5.35. The van der Waals surface area contributed by atoms with Crippen LogP contribution in [0.5, 0.6) is 11.6 Å². The normalized spacial score (nSPS) is 10.9. The number of carbonyl (C=O) groups excluding carboxylic acids is 2. The Bertz CT molecular complexity index is 1910. The lowest BCUT2D eigenvalue weighted by Gasteiger charge is -2.11. The first kappa shape index (κ1) is 31.9. The molecule has 0 spiro atoms. The molecule has 2 aromatic carbocycles. The highest BCUT2D eigenvalue weighted by molar-refractivity contribution is 6.08. The Morgan fingerprint density at radius 3 is 2.22 bits per heavy atom. The molecule has 0 amide bonds. The summed E-state index contributed by atoms with van der Waals surface area (Å²) in [4.78, 5) is 32.6. The summed E-state index contributed by atoms with van der Waals surface area (Å²) in [5, 5.41) is 11.9. The number of nitriles is 1. The molecule has 0 bridgehead atoms. The van der Waals surface area contributed by atoms with Crippen molar-refractivity contribution in [3.05, 3.63) is 83.8 Å². The number of benzene rings is 2. The van der Waals surface area contributed by atoms with Crippen LogP contribution in [0, 0.1) is 11.3 Å². The molecule has 0 aliphatic rings. The van der Waals surface area contributed by atoms with E-state index in [9.17, 15) is 14.9 Å². The number of fused-ring (bicyclic) bond motifs is 3. The van der Waals surface area contributed by atoms with Crippen LogP contribution in [0.15, 0.2) is 67.1 Å². The van der Waals surface area contributed by atoms with E-state index in [1.54, 1.807) is 24.5 Å². The van der Waals surface area contributed by atoms with E-state index < -0.39 is 11.9 Å². The second-order valence-electron chi connectivity index (χ2n) is 9.98. The van der Waals surface area contributed by atoms with Gasteiger partial charge in [0.15, 0.2) is 0 Å². The van der Waals surface area contributed by atoms with Gasteiger partial charge in [-0.05, 0) is 42.0 Å². The maximum atomic E-state index is 12.0. The Kier molecular flexibility index (Phi) is 10.4. The molecule has 0 fully saturated rings. The Balaban J connectivity index is 1.04. The smallest absolute Gasteiger partial charge is 0.338 e. The average molecular weight is 625 g/mol. The monoisotopic (exact) mass is 624 g/mol. The van der Waals surface area contributed by atoms with Crippen LogP contribution >= 0.6 is 0 Å². The van der Waals surface area contributed by atoms with Crippen molar-refractivity contribution >= 4 is 33.7 Å². The number of hydrogen-bond acceptors (Lipinski definition) is 11. The van der Waals surface area contributed by atoms with E-state index in [0.717, 1.165) is 32.9 Å². The van der Waals surface area contributed by atoms with Crippen molar-refractivity contribution in [3.63, 3.8) is 0 Å². The van der Waals surface area contributed by atoms with Gasteiger partial charge in [-0.15, -0.1) is 0 Å². The van der Waals surface area contributed by atoms with Crippen molar-refractivity contribution in [1.29, 1.82) is 5.26 Å². The van der Waals surface area contributed by atoms with E-state index in [4.69, 9.17) is 28.4 Å². The Morgan fingerprint density at radius 1 is 0.761 bits per heavy atom. The summed E-state index contributed by atoms with van der Waals surface area (Å²) >= 11 is 0. The number of carbonyl (C=O) groups is 2. The summed E-state index contributed by atoms with van der Waals surface area (Å²) in [6, 6.07) is 16.5. The van der Waals surface area contributed by atoms with Gasteiger partial charge in [0.25, 0.3) is 0 Å². The highest BCUT2D eigenvalue weighted by Gasteiger charge is 2.19. The number of pyridine rings is 2. The molecule has 0 saturated carbocycles. The van der Waals surface area contributed by atoms with E-state index in [0.29, 0.717) is 24.5 Å². The lowest BCUT2D eigenvalue weighted by atomic mass is 10.0. The largest absolute Gasteiger partial charge is 0.491 e. The average Bonchev–Trinajstić information content (AvgIpc) is 3.39. The van der Waals surface area contributed by atoms with E-state index in [2.05, 4.69) is 32.7 Å². The van der Waals surface area contributed by atoms with E-state index in [1.807, 2.05) is 25.4 Å². The predicted molar refractivity (Wildman–Crippen MR) is 168 cm³/mol. The van der Waals surface area contributed by atoms with Crippen LogP contribution < -0.4 is 9.47 Å². The molecule has 0 aliphatic heterocycles. The molecule has 3 aromatic heterocycles. The molecule has 5 rings (SSSR count). The van der Waals surface area contributed by atoms with Gasteiger partial charge >= 0.3 is 11.9 Å². The SMILES string of the molecule is COC(=O)c1ccc(OCCOCCOCCOc2ncc(-c3ccc4c5cnccc5n(C)c4c3)cc2C#N)cc1C(=O)OC. The number of nitrogens with zero attached hydrogens (tertiary/aromatic N) is 4. The molecule has 46 heavy (non-hydrogen) atoms. The zero-order valence-corrected chi connectivity index (χ0v) is 25.6. The number of aryl methyl sites for hydroxylation is 1. The third-order valence-corrected chi connectivity index (χ3v) is 7.25. The molecule has 0 unspecified atom stereocenters. The Labute approximate surface area is 265 Å². The summed E-state index contributed by atoms with van der Waals surface area (Å²) in [5.74, 6) is -0.695. The topological polar surface area (TPSA) is 144 Å². The molecule has 3 heterocycles. The van der Waals surface area contributed by atoms with Crippen LogP contribution in [0.1, 0.15) is 26.3 Å². The zero-order valence-electron chi connectivity index (χ0n) is 25.6. The highest BCUT2D eigenvalue weighted by atomic mass is 16.6. The van der Waals surface area contributed by atoms with Gasteiger partial charge in [0.2, 0.25) is 5.88 Å². The molecule has 0 N–H and O–H groups in total. The molecular formula is C34H32N4O8. The van der Waals surface area contributed by atoms with Crippen LogP contribution in [-0.4, -0.2) is 80.3 Å². The number of rotatable bonds is 14. The van der Waals surface area contributed by atoms with Gasteiger partial charge in [-0.1, -0.05) is 12.1 Å². The minimum Gasteiger partial charge on any atom is -0.491 e. The van der Waals surface area contributed by atoms with Gasteiger partial charge in [0, 0.05) is 47.5 Å². The van der Waals surface area contributed by atoms with E-state index in [1.165, 1.54) is 26.4 Å². The van der Waals surface area contributed by atoms with Crippen LogP contribution in [0.3, 0.4) is 0 Å². The molecular weight excluding hydrogens is 592 g/mol. The molecule has 0 saturated heterocycles. The standard InChI is InChI=1S/C34H32N4O8/c1-38-30-8-9-36-21-29(30)26-6-4-22(17-31(26)38)24-16-23(19-35)32(37-20-24)46-15-13-44-11-10-43-12-14-45-25-5-7-27(33(39)41-2)28(18-25)34(40)42-3/h4-9,16-18,20-21H,10-15H2,1-3H3. The molecule has 0 radical (unpaired) electrons. The molecule has 5 aromatic rings. The van der Waals surface area contributed by atoms with Crippen molar-refractivity contribution in [3.8, 4) is 28.8 Å². The van der Waals surface area contributed by atoms with Gasteiger partial charge in [-0.2, -0.15) is 5.26 Å². The molecule has 0 aliphatic carbocycles. The fourth-order valence-corrected chi connectivity index (χ4v) is 4.96. The van der Waals surface area contributed by atoms with Crippen molar-refractivity contribution in [2.45, 2.75) is 0 Å². The zero-order chi connectivity index (χ0) is 32.5. The maximum Gasteiger partial charge on any atom is 0.338 e. The molecule has 12 heteroatoms. The van der Waals surface area contributed by atoms with Gasteiger partial charge in [0.1, 0.15) is 30.6 Å². The minimum absolute atomic E-state index is 0.0493. The second kappa shape index (κ2) is 15.0. The molecule has 12 nitrogen and oxygen atoms in total. The summed E-state index contributed by atoms with van der Waals surface area (Å²) in [5.41, 5.74) is 4.39. The molecule has 236 valence electrons. The Hall–Kier alpha value is -5.51. The second-order valence-corrected chi connectivity index (χ2v) is 9.98. The molecule has 0 atom stereocenters. The van der Waals surface area contributed by atoms with Gasteiger partial charge in [-0.3, -0.25) is 4.98 Å². The van der Waals surface area contributed by atoms with Gasteiger partial charge < -0.3 is 33.0 Å². The fourth-order valence-electron chi connectivity index (χ4n) is 4.96. The predicted octanol–water partition coefficient (Wildman–Crippen LogP) is 4.72. The highest BCUT2D eigenvalue weighted by Crippen LogP contribution is 2.32. The number of hydrogen-bond donors (Lipinski definition) is 0. The lowest BCUT2D eigenvalue weighted by Crippen LogP contribution is -2.14. The summed E-state index contributed by atoms with van der Waals surface area (Å²) in [6.45, 7) is 1.64. The first-order valence-electron chi connectivity index (χ1n) is 14.4. The first-order chi connectivity index (χ1) is 22.4. The van der Waals surface area contributed by atoms with Gasteiger partial charge in [0.05, 0.1) is 57.3 Å². The summed E-state index contributed by atoms with van der Waals surface area (Å²) in [7, 11) is 4.48. The third-order valence-electron chi connectivity index (χ3n) is 7.25. The van der Waals surface area contributed by atoms with Crippen molar-refractivity contribution < 1.29 is 38.0 Å². The van der Waals surface area contributed by atoms with Gasteiger partial charge in [-0.25, -0.2) is 14.6 Å². The van der Waals surface area contributed by atoms with Crippen LogP contribution in [0.25, 0.3) is 32.9 Å². The van der Waals surface area contributed by atoms with Crippen molar-refractivity contribution in [2.75, 3.05) is 53.9 Å². The third kappa shape index (κ3) is 7.07. The number of aromatic nitrogens is 3. The van der Waals surface area contributed by atoms with Crippen LogP contribution in [0.2, 0.25) is 0 Å². The Morgan fingerprint density at radius 2 is 1.48 bits per heavy atom. The number of esters is 2. The van der Waals surface area contributed by atoms with Crippen molar-refractivity contribution in [1.82, 2.24) is 14.5 Å². The summed E-state index contributed by atoms with van der Waals surface area (Å²) < 4.78 is 34.0. The lowest BCUT2D eigenvalue weighted by molar-refractivity contribution is 0.0269.